The first kappa shape index (κ1) is 25.8. The van der Waals surface area contributed by atoms with Crippen LogP contribution in [0.4, 0.5) is 18.9 Å². The van der Waals surface area contributed by atoms with Crippen molar-refractivity contribution in [3.05, 3.63) is 23.8 Å². The summed E-state index contributed by atoms with van der Waals surface area (Å²) in [5.74, 6) is -1.99. The van der Waals surface area contributed by atoms with Gasteiger partial charge in [-0.3, -0.25) is 4.79 Å². The maximum absolute atomic E-state index is 13.3. The van der Waals surface area contributed by atoms with Gasteiger partial charge in [-0.1, -0.05) is 20.3 Å². The average molecular weight is 492 g/mol. The van der Waals surface area contributed by atoms with Crippen LogP contribution >= 0.6 is 0 Å². The topological polar surface area (TPSA) is 79.0 Å². The molecule has 1 N–H and O–H groups in total. The summed E-state index contributed by atoms with van der Waals surface area (Å²) in [6, 6.07) is 3.82. The minimum absolute atomic E-state index is 0.00910. The molecule has 11 heteroatoms. The maximum atomic E-state index is 13.3. The monoisotopic (exact) mass is 491 g/mol. The van der Waals surface area contributed by atoms with Crippen molar-refractivity contribution in [3.63, 3.8) is 0 Å². The van der Waals surface area contributed by atoms with Crippen molar-refractivity contribution >= 4 is 21.6 Å². The number of carbonyl (C=O) groups is 1. The van der Waals surface area contributed by atoms with Crippen LogP contribution in [-0.2, 0) is 14.8 Å². The van der Waals surface area contributed by atoms with Gasteiger partial charge in [0.05, 0.1) is 29.6 Å². The van der Waals surface area contributed by atoms with Gasteiger partial charge in [0.15, 0.2) is 0 Å². The van der Waals surface area contributed by atoms with Gasteiger partial charge in [0.2, 0.25) is 10.0 Å². The first-order valence-electron chi connectivity index (χ1n) is 11.4. The predicted octanol–water partition coefficient (Wildman–Crippen LogP) is 3.40. The molecule has 2 atom stereocenters. The quantitative estimate of drug-likeness (QED) is 0.633. The van der Waals surface area contributed by atoms with E-state index in [1.54, 1.807) is 19.9 Å². The number of hydrogen-bond donors (Lipinski definition) is 1. The molecule has 0 radical (unpaired) electrons. The van der Waals surface area contributed by atoms with Crippen LogP contribution in [-0.4, -0.2) is 70.2 Å². The van der Waals surface area contributed by atoms with E-state index in [-0.39, 0.29) is 36.4 Å². The number of benzene rings is 1. The second kappa shape index (κ2) is 10.6. The molecule has 186 valence electrons. The highest BCUT2D eigenvalue weighted by Crippen LogP contribution is 2.38. The Kier molecular flexibility index (Phi) is 8.28. The van der Waals surface area contributed by atoms with Crippen LogP contribution < -0.4 is 10.2 Å². The molecule has 1 aliphatic heterocycles. The molecule has 2 unspecified atom stereocenters. The van der Waals surface area contributed by atoms with Crippen LogP contribution in [0.1, 0.15) is 49.9 Å². The molecule has 0 bridgehead atoms. The second-order valence-electron chi connectivity index (χ2n) is 8.44. The standard InChI is InChI=1S/C22H32F3N3O4S/c1-3-28(4-2)33(30,31)18-8-9-20(27-10-12-32-13-11-27)19(15-18)21(29)26-17-7-5-6-16(14-17)22(23,24)25/h8-9,15-17H,3-7,10-14H2,1-2H3,(H,26,29). The summed E-state index contributed by atoms with van der Waals surface area (Å²) >= 11 is 0. The molecule has 2 aliphatic rings. The Balaban J connectivity index is 1.92. The number of sulfonamides is 1. The lowest BCUT2D eigenvalue weighted by atomic mass is 9.85. The van der Waals surface area contributed by atoms with Crippen molar-refractivity contribution < 1.29 is 31.1 Å². The van der Waals surface area contributed by atoms with Gasteiger partial charge in [0, 0.05) is 37.9 Å². The lowest BCUT2D eigenvalue weighted by Crippen LogP contribution is -2.43. The number of carbonyl (C=O) groups excluding carboxylic acids is 1. The lowest BCUT2D eigenvalue weighted by molar-refractivity contribution is -0.183. The molecule has 1 aromatic carbocycles. The van der Waals surface area contributed by atoms with Gasteiger partial charge >= 0.3 is 6.18 Å². The van der Waals surface area contributed by atoms with Gasteiger partial charge in [-0.25, -0.2) is 8.42 Å². The number of hydrogen-bond acceptors (Lipinski definition) is 5. The van der Waals surface area contributed by atoms with E-state index < -0.39 is 34.1 Å². The Morgan fingerprint density at radius 1 is 1.18 bits per heavy atom. The van der Waals surface area contributed by atoms with Gasteiger partial charge in [0.1, 0.15) is 0 Å². The van der Waals surface area contributed by atoms with Crippen LogP contribution in [0.25, 0.3) is 0 Å². The number of rotatable bonds is 7. The second-order valence-corrected chi connectivity index (χ2v) is 10.4. The van der Waals surface area contributed by atoms with E-state index in [0.717, 1.165) is 0 Å². The number of ether oxygens (including phenoxy) is 1. The lowest BCUT2D eigenvalue weighted by Gasteiger charge is -2.33. The predicted molar refractivity (Wildman–Crippen MR) is 119 cm³/mol. The van der Waals surface area contributed by atoms with E-state index in [1.807, 2.05) is 4.90 Å². The zero-order valence-corrected chi connectivity index (χ0v) is 19.8. The van der Waals surface area contributed by atoms with Crippen molar-refractivity contribution in [1.82, 2.24) is 9.62 Å². The van der Waals surface area contributed by atoms with Crippen molar-refractivity contribution in [2.24, 2.45) is 5.92 Å². The van der Waals surface area contributed by atoms with E-state index in [4.69, 9.17) is 4.74 Å². The van der Waals surface area contributed by atoms with E-state index in [9.17, 15) is 26.4 Å². The Bertz CT molecular complexity index is 929. The number of nitrogens with one attached hydrogen (secondary N) is 1. The van der Waals surface area contributed by atoms with Crippen LogP contribution in [0.2, 0.25) is 0 Å². The summed E-state index contributed by atoms with van der Waals surface area (Å²) in [5, 5.41) is 2.75. The third kappa shape index (κ3) is 5.99. The third-order valence-electron chi connectivity index (χ3n) is 6.38. The van der Waals surface area contributed by atoms with E-state index in [1.165, 1.54) is 16.4 Å². The van der Waals surface area contributed by atoms with Gasteiger partial charge in [-0.2, -0.15) is 17.5 Å². The SMILES string of the molecule is CCN(CC)S(=O)(=O)c1ccc(N2CCOCC2)c(C(=O)NC2CCCC(C(F)(F)F)C2)c1. The van der Waals surface area contributed by atoms with Crippen molar-refractivity contribution in [2.75, 3.05) is 44.3 Å². The summed E-state index contributed by atoms with van der Waals surface area (Å²) in [6.45, 7) is 6.03. The number of anilines is 1. The first-order chi connectivity index (χ1) is 15.6. The summed E-state index contributed by atoms with van der Waals surface area (Å²) in [6.07, 6.45) is -3.56. The fourth-order valence-corrected chi connectivity index (χ4v) is 6.02. The Labute approximate surface area is 193 Å². The van der Waals surface area contributed by atoms with Crippen molar-refractivity contribution in [3.8, 4) is 0 Å². The molecular formula is C22H32F3N3O4S. The minimum atomic E-state index is -4.29. The molecule has 3 rings (SSSR count). The van der Waals surface area contributed by atoms with Gasteiger partial charge < -0.3 is 15.0 Å². The summed E-state index contributed by atoms with van der Waals surface area (Å²) in [7, 11) is -3.80. The highest BCUT2D eigenvalue weighted by atomic mass is 32.2. The Morgan fingerprint density at radius 2 is 1.85 bits per heavy atom. The number of morpholine rings is 1. The first-order valence-corrected chi connectivity index (χ1v) is 12.9. The number of amides is 1. The fraction of sp³-hybridized carbons (Fsp3) is 0.682. The zero-order valence-electron chi connectivity index (χ0n) is 19.0. The van der Waals surface area contributed by atoms with Crippen molar-refractivity contribution in [1.29, 1.82) is 0 Å². The highest BCUT2D eigenvalue weighted by Gasteiger charge is 2.42. The third-order valence-corrected chi connectivity index (χ3v) is 8.43. The largest absolute Gasteiger partial charge is 0.391 e. The summed E-state index contributed by atoms with van der Waals surface area (Å²) in [5.41, 5.74) is 0.705. The molecule has 1 aliphatic carbocycles. The number of nitrogens with zero attached hydrogens (tertiary/aromatic N) is 2. The van der Waals surface area contributed by atoms with E-state index in [0.29, 0.717) is 44.8 Å². The van der Waals surface area contributed by atoms with Crippen LogP contribution in [0.5, 0.6) is 0 Å². The van der Waals surface area contributed by atoms with E-state index in [2.05, 4.69) is 5.32 Å². The molecule has 1 aromatic rings. The number of halogens is 3. The van der Waals surface area contributed by atoms with Crippen LogP contribution in [0.3, 0.4) is 0 Å². The maximum Gasteiger partial charge on any atom is 0.391 e. The average Bonchev–Trinajstić information content (AvgIpc) is 2.79. The smallest absolute Gasteiger partial charge is 0.378 e. The molecule has 0 aromatic heterocycles. The van der Waals surface area contributed by atoms with Crippen LogP contribution in [0.15, 0.2) is 23.1 Å². The zero-order chi connectivity index (χ0) is 24.2. The molecule has 1 heterocycles. The van der Waals surface area contributed by atoms with Gasteiger partial charge in [-0.15, -0.1) is 0 Å². The fourth-order valence-electron chi connectivity index (χ4n) is 4.53. The van der Waals surface area contributed by atoms with Gasteiger partial charge in [-0.05, 0) is 37.5 Å². The molecular weight excluding hydrogens is 459 g/mol. The normalized spacial score (nSPS) is 22.4. The summed E-state index contributed by atoms with van der Waals surface area (Å²) < 4.78 is 72.4. The minimum Gasteiger partial charge on any atom is -0.378 e. The van der Waals surface area contributed by atoms with E-state index >= 15 is 0 Å². The highest BCUT2D eigenvalue weighted by molar-refractivity contribution is 7.89. The Morgan fingerprint density at radius 3 is 2.45 bits per heavy atom. The summed E-state index contributed by atoms with van der Waals surface area (Å²) in [4.78, 5) is 15.2. The number of alkyl halides is 3. The van der Waals surface area contributed by atoms with Gasteiger partial charge in [0.25, 0.3) is 5.91 Å². The van der Waals surface area contributed by atoms with Crippen molar-refractivity contribution in [2.45, 2.75) is 56.6 Å². The molecule has 1 saturated carbocycles. The molecule has 2 fully saturated rings. The molecule has 7 nitrogen and oxygen atoms in total. The molecule has 33 heavy (non-hydrogen) atoms. The Hall–Kier alpha value is -1.85. The van der Waals surface area contributed by atoms with Crippen LogP contribution in [0, 0.1) is 5.92 Å². The molecule has 1 amide bonds. The molecule has 1 saturated heterocycles. The molecule has 0 spiro atoms.